The maximum atomic E-state index is 7.53. The van der Waals surface area contributed by atoms with Crippen molar-refractivity contribution < 1.29 is 0 Å². The standard InChI is InChI=1S/C5H14Si/c1-5(2)6(3)4/h5-6H,1-4H3/q-1/i6D. The summed E-state index contributed by atoms with van der Waals surface area (Å²) < 4.78 is 7.53. The zero-order valence-corrected chi connectivity index (χ0v) is 6.08. The van der Waals surface area contributed by atoms with Crippen molar-refractivity contribution in [1.82, 2.24) is 0 Å². The monoisotopic (exact) mass is 103 g/mol. The topological polar surface area (TPSA) is 0 Å². The minimum Gasteiger partial charge on any atom is -0.188 e. The van der Waals surface area contributed by atoms with Gasteiger partial charge in [0.1, 0.15) is 0 Å². The summed E-state index contributed by atoms with van der Waals surface area (Å²) >= 11 is 0. The Bertz CT molecular complexity index is 53.6. The Morgan fingerprint density at radius 3 is 1.67 bits per heavy atom. The maximum absolute atomic E-state index is 7.53. The molecule has 39 valence electrons. The molecule has 0 saturated heterocycles. The van der Waals surface area contributed by atoms with Crippen LogP contribution in [0.25, 0.3) is 0 Å². The van der Waals surface area contributed by atoms with Gasteiger partial charge in [-0.2, -0.15) is 28.6 Å². The first kappa shape index (κ1) is 4.38. The summed E-state index contributed by atoms with van der Waals surface area (Å²) in [5, 5.41) is 0. The van der Waals surface area contributed by atoms with E-state index < -0.39 is 8.73 Å². The van der Waals surface area contributed by atoms with Gasteiger partial charge in [0.05, 0.1) is 0 Å². The van der Waals surface area contributed by atoms with E-state index in [2.05, 4.69) is 26.9 Å². The number of rotatable bonds is 1. The molecule has 0 unspecified atom stereocenters. The van der Waals surface area contributed by atoms with E-state index in [1.165, 1.54) is 0 Å². The zero-order valence-electron chi connectivity index (χ0n) is 6.08. The molecule has 0 aliphatic heterocycles. The van der Waals surface area contributed by atoms with Crippen LogP contribution in [-0.4, -0.2) is 9.96 Å². The minimum atomic E-state index is -1.48. The van der Waals surface area contributed by atoms with Gasteiger partial charge in [-0.25, -0.2) is 0 Å². The van der Waals surface area contributed by atoms with Crippen molar-refractivity contribution >= 4 is 8.73 Å². The van der Waals surface area contributed by atoms with Crippen molar-refractivity contribution in [3.05, 3.63) is 0 Å². The fourth-order valence-electron chi connectivity index (χ4n) is 0. The molecule has 0 aromatic carbocycles. The van der Waals surface area contributed by atoms with Crippen LogP contribution in [0.5, 0.6) is 0 Å². The van der Waals surface area contributed by atoms with Crippen LogP contribution >= 0.6 is 0 Å². The van der Waals surface area contributed by atoms with E-state index in [-0.39, 0.29) is 0 Å². The predicted octanol–water partition coefficient (Wildman–Crippen LogP) is 1.88. The summed E-state index contributed by atoms with van der Waals surface area (Å²) in [5.74, 6) is 0. The van der Waals surface area contributed by atoms with E-state index in [0.717, 1.165) is 0 Å². The average molecular weight is 103 g/mol. The molecule has 1 heteroatoms. The summed E-state index contributed by atoms with van der Waals surface area (Å²) in [6, 6.07) is 0. The summed E-state index contributed by atoms with van der Waals surface area (Å²) in [6.45, 7) is 8.38. The fraction of sp³-hybridized carbons (Fsp3) is 1.00. The first-order chi connectivity index (χ1) is 2.94. The van der Waals surface area contributed by atoms with Crippen LogP contribution in [-0.2, 0) is 0 Å². The van der Waals surface area contributed by atoms with Gasteiger partial charge in [-0.3, -0.25) is 0 Å². The largest absolute Gasteiger partial charge is 0.188 e. The number of hydrogen-bond donors (Lipinski definition) is 0. The summed E-state index contributed by atoms with van der Waals surface area (Å²) in [7, 11) is -1.48. The maximum Gasteiger partial charge on any atom is -0.0911 e. The Hall–Kier alpha value is 0.217. The van der Waals surface area contributed by atoms with Crippen molar-refractivity contribution in [3.63, 3.8) is 0 Å². The van der Waals surface area contributed by atoms with Crippen LogP contribution in [0.2, 0.25) is 18.6 Å². The Kier molecular flexibility index (Phi) is 1.75. The summed E-state index contributed by atoms with van der Waals surface area (Å²) in [4.78, 5) is 0. The van der Waals surface area contributed by atoms with Crippen LogP contribution in [0.3, 0.4) is 0 Å². The molecule has 6 heavy (non-hydrogen) atoms. The molecule has 0 heterocycles. The predicted molar refractivity (Wildman–Crippen MR) is 34.0 cm³/mol. The van der Waals surface area contributed by atoms with Crippen molar-refractivity contribution in [3.8, 4) is 0 Å². The molecule has 0 aliphatic carbocycles. The molecule has 0 nitrogen and oxygen atoms in total. The fourth-order valence-corrected chi connectivity index (χ4v) is 0. The van der Waals surface area contributed by atoms with Gasteiger partial charge in [0.25, 0.3) is 0 Å². The Morgan fingerprint density at radius 1 is 1.50 bits per heavy atom. The molecule has 0 saturated carbocycles. The van der Waals surface area contributed by atoms with Gasteiger partial charge in [-0.05, 0) is 0 Å². The third-order valence-corrected chi connectivity index (χ3v) is 3.46. The van der Waals surface area contributed by atoms with Gasteiger partial charge < -0.3 is 0 Å². The summed E-state index contributed by atoms with van der Waals surface area (Å²) in [5.41, 5.74) is 0.604. The number of hydrogen-bond acceptors (Lipinski definition) is 0. The smallest absolute Gasteiger partial charge is 0.0911 e. The second kappa shape index (κ2) is 2.40. The molecule has 0 radical (unpaired) electrons. The lowest BCUT2D eigenvalue weighted by Crippen LogP contribution is -2.03. The van der Waals surface area contributed by atoms with E-state index in [9.17, 15) is 0 Å². The third kappa shape index (κ3) is 2.45. The zero-order chi connectivity index (χ0) is 6.08. The van der Waals surface area contributed by atoms with E-state index in [0.29, 0.717) is 5.54 Å². The van der Waals surface area contributed by atoms with Crippen molar-refractivity contribution in [1.29, 1.82) is 1.23 Å². The van der Waals surface area contributed by atoms with E-state index >= 15 is 0 Å². The Labute approximate surface area is 43.4 Å². The van der Waals surface area contributed by atoms with Gasteiger partial charge in [-0.15, -0.1) is 0 Å². The molecule has 0 aliphatic rings. The van der Waals surface area contributed by atoms with Crippen LogP contribution in [0.4, 0.5) is 0 Å². The third-order valence-electron chi connectivity index (χ3n) is 1.15. The lowest BCUT2D eigenvalue weighted by atomic mass is 10.6. The SMILES string of the molecule is [2H][Si-](C)(C)C(C)C. The second-order valence-electron chi connectivity index (χ2n) is 2.23. The van der Waals surface area contributed by atoms with Crippen LogP contribution in [0, 0.1) is 0 Å². The highest BCUT2D eigenvalue weighted by atomic mass is 28.3. The second-order valence-corrected chi connectivity index (χ2v) is 5.54. The molecule has 0 spiro atoms. The lowest BCUT2D eigenvalue weighted by Gasteiger charge is -2.15. The van der Waals surface area contributed by atoms with Gasteiger partial charge in [-0.1, -0.05) is 13.8 Å². The highest BCUT2D eigenvalue weighted by Gasteiger charge is 1.85. The summed E-state index contributed by atoms with van der Waals surface area (Å²) in [6.07, 6.45) is 0. The quantitative estimate of drug-likeness (QED) is 0.444. The van der Waals surface area contributed by atoms with Crippen LogP contribution in [0.15, 0.2) is 0 Å². The van der Waals surface area contributed by atoms with Gasteiger partial charge in [0.15, 0.2) is 0 Å². The Balaban J connectivity index is 3.54. The van der Waals surface area contributed by atoms with Crippen molar-refractivity contribution in [2.75, 3.05) is 0 Å². The molecule has 0 amide bonds. The molecule has 0 fully saturated rings. The lowest BCUT2D eigenvalue weighted by molar-refractivity contribution is 1.04. The molecule has 0 bridgehead atoms. The van der Waals surface area contributed by atoms with E-state index in [1.54, 1.807) is 0 Å². The van der Waals surface area contributed by atoms with Crippen molar-refractivity contribution in [2.45, 2.75) is 32.5 Å². The molecule has 0 aromatic heterocycles. The Morgan fingerprint density at radius 2 is 1.67 bits per heavy atom. The molecule has 0 rings (SSSR count). The molecular formula is C5H14Si-. The van der Waals surface area contributed by atoms with Gasteiger partial charge in [0.2, 0.25) is 0 Å². The average Bonchev–Trinajstić information content (AvgIpc) is 1.31. The van der Waals surface area contributed by atoms with Crippen LogP contribution < -0.4 is 0 Å². The highest BCUT2D eigenvalue weighted by molar-refractivity contribution is 6.57. The van der Waals surface area contributed by atoms with E-state index in [4.69, 9.17) is 1.23 Å². The van der Waals surface area contributed by atoms with Gasteiger partial charge in [0, 0.05) is 0 Å². The highest BCUT2D eigenvalue weighted by Crippen LogP contribution is 2.04. The normalized spacial score (nSPS) is 15.2. The van der Waals surface area contributed by atoms with Crippen LogP contribution in [0.1, 0.15) is 13.8 Å². The first-order valence-electron chi connectivity index (χ1n) is 2.94. The minimum absolute atomic E-state index is 0.604. The molecule has 0 aromatic rings. The molecular weight excluding hydrogens is 88.1 g/mol. The van der Waals surface area contributed by atoms with Gasteiger partial charge >= 0.3 is 0 Å². The van der Waals surface area contributed by atoms with Crippen molar-refractivity contribution in [2.24, 2.45) is 0 Å². The first-order valence-corrected chi connectivity index (χ1v) is 5.02. The molecule has 0 N–H and O–H groups in total. The van der Waals surface area contributed by atoms with E-state index in [1.807, 2.05) is 0 Å². The molecule has 0 atom stereocenters.